The number of benzene rings is 1. The first-order valence-electron chi connectivity index (χ1n) is 6.67. The monoisotopic (exact) mass is 261 g/mol. The Morgan fingerprint density at radius 2 is 2.05 bits per heavy atom. The number of amides is 1. The summed E-state index contributed by atoms with van der Waals surface area (Å²) in [6, 6.07) is 9.19. The van der Waals surface area contributed by atoms with E-state index >= 15 is 0 Å². The van der Waals surface area contributed by atoms with E-state index in [-0.39, 0.29) is 11.9 Å². The van der Waals surface area contributed by atoms with Crippen LogP contribution in [0.1, 0.15) is 37.9 Å². The summed E-state index contributed by atoms with van der Waals surface area (Å²) in [6.07, 6.45) is 3.30. The Bertz CT molecular complexity index is 402. The van der Waals surface area contributed by atoms with Crippen LogP contribution in [-0.4, -0.2) is 29.0 Å². The summed E-state index contributed by atoms with van der Waals surface area (Å²) in [5, 5.41) is 10.3. The molecule has 104 valence electrons. The fourth-order valence-corrected chi connectivity index (χ4v) is 1.94. The maximum atomic E-state index is 12.0. The van der Waals surface area contributed by atoms with Crippen molar-refractivity contribution in [3.63, 3.8) is 0 Å². The molecule has 1 rings (SSSR count). The number of aliphatic hydroxyl groups is 1. The van der Waals surface area contributed by atoms with Crippen LogP contribution in [0.15, 0.2) is 43.0 Å². The van der Waals surface area contributed by atoms with Crippen molar-refractivity contribution in [2.45, 2.75) is 38.3 Å². The zero-order valence-electron chi connectivity index (χ0n) is 11.7. The highest BCUT2D eigenvalue weighted by atomic mass is 16.3. The molecule has 0 heterocycles. The molecule has 0 radical (unpaired) electrons. The number of hydrogen-bond acceptors (Lipinski definition) is 2. The van der Waals surface area contributed by atoms with Gasteiger partial charge in [-0.1, -0.05) is 36.4 Å². The number of carbonyl (C=O) groups excluding carboxylic acids is 1. The molecule has 19 heavy (non-hydrogen) atoms. The Kier molecular flexibility index (Phi) is 6.30. The standard InChI is InChI=1S/C16H23NO2/c1-4-5-7-12-15(18)17(3)13(2)16(19)14-10-8-6-9-11-14/h4,6,8-11,13,16,19H,1,5,7,12H2,2-3H3/t13-,16?/m0/s1. The Morgan fingerprint density at radius 3 is 2.63 bits per heavy atom. The van der Waals surface area contributed by atoms with Gasteiger partial charge in [0.25, 0.3) is 0 Å². The number of rotatable bonds is 7. The van der Waals surface area contributed by atoms with Gasteiger partial charge in [-0.2, -0.15) is 0 Å². The van der Waals surface area contributed by atoms with Crippen molar-refractivity contribution >= 4 is 5.91 Å². The van der Waals surface area contributed by atoms with Gasteiger partial charge in [0.2, 0.25) is 5.91 Å². The van der Waals surface area contributed by atoms with Crippen molar-refractivity contribution in [1.29, 1.82) is 0 Å². The van der Waals surface area contributed by atoms with Crippen LogP contribution in [0.4, 0.5) is 0 Å². The van der Waals surface area contributed by atoms with E-state index in [2.05, 4.69) is 6.58 Å². The average Bonchev–Trinajstić information content (AvgIpc) is 2.46. The van der Waals surface area contributed by atoms with Gasteiger partial charge in [-0.15, -0.1) is 6.58 Å². The minimum atomic E-state index is -0.658. The molecule has 2 atom stereocenters. The number of likely N-dealkylation sites (N-methyl/N-ethyl adjacent to an activating group) is 1. The van der Waals surface area contributed by atoms with Crippen LogP contribution in [0.2, 0.25) is 0 Å². The molecular weight excluding hydrogens is 238 g/mol. The fourth-order valence-electron chi connectivity index (χ4n) is 1.94. The molecule has 1 amide bonds. The smallest absolute Gasteiger partial charge is 0.222 e. The minimum Gasteiger partial charge on any atom is -0.386 e. The lowest BCUT2D eigenvalue weighted by Crippen LogP contribution is -2.38. The van der Waals surface area contributed by atoms with E-state index in [1.54, 1.807) is 11.9 Å². The molecule has 3 nitrogen and oxygen atoms in total. The lowest BCUT2D eigenvalue weighted by atomic mass is 10.0. The molecule has 0 bridgehead atoms. The van der Waals surface area contributed by atoms with E-state index in [0.717, 1.165) is 18.4 Å². The number of unbranched alkanes of at least 4 members (excludes halogenated alkanes) is 1. The maximum absolute atomic E-state index is 12.0. The Morgan fingerprint density at radius 1 is 1.42 bits per heavy atom. The molecule has 0 saturated carbocycles. The van der Waals surface area contributed by atoms with Crippen LogP contribution in [0.25, 0.3) is 0 Å². The number of nitrogens with zero attached hydrogens (tertiary/aromatic N) is 1. The highest BCUT2D eigenvalue weighted by molar-refractivity contribution is 5.76. The zero-order chi connectivity index (χ0) is 14.3. The predicted molar refractivity (Wildman–Crippen MR) is 77.7 cm³/mol. The van der Waals surface area contributed by atoms with Crippen LogP contribution in [0.5, 0.6) is 0 Å². The van der Waals surface area contributed by atoms with Crippen molar-refractivity contribution in [3.05, 3.63) is 48.6 Å². The maximum Gasteiger partial charge on any atom is 0.222 e. The van der Waals surface area contributed by atoms with Gasteiger partial charge < -0.3 is 10.0 Å². The number of aliphatic hydroxyl groups excluding tert-OH is 1. The first kappa shape index (κ1) is 15.4. The molecule has 1 aromatic carbocycles. The lowest BCUT2D eigenvalue weighted by Gasteiger charge is -2.29. The molecule has 1 unspecified atom stereocenters. The van der Waals surface area contributed by atoms with Gasteiger partial charge >= 0.3 is 0 Å². The van der Waals surface area contributed by atoms with Gasteiger partial charge in [-0.3, -0.25) is 4.79 Å². The zero-order valence-corrected chi connectivity index (χ0v) is 11.7. The van der Waals surface area contributed by atoms with Crippen LogP contribution >= 0.6 is 0 Å². The summed E-state index contributed by atoms with van der Waals surface area (Å²) in [5.41, 5.74) is 0.834. The molecule has 0 fully saturated rings. The van der Waals surface area contributed by atoms with Crippen LogP contribution in [0.3, 0.4) is 0 Å². The minimum absolute atomic E-state index is 0.0596. The van der Waals surface area contributed by atoms with Gasteiger partial charge in [0, 0.05) is 13.5 Å². The van der Waals surface area contributed by atoms with Crippen LogP contribution in [-0.2, 0) is 4.79 Å². The van der Waals surface area contributed by atoms with E-state index < -0.39 is 6.10 Å². The molecule has 0 aromatic heterocycles. The van der Waals surface area contributed by atoms with Crippen molar-refractivity contribution in [3.8, 4) is 0 Å². The Hall–Kier alpha value is -1.61. The van der Waals surface area contributed by atoms with Gasteiger partial charge in [0.05, 0.1) is 12.1 Å². The second-order valence-electron chi connectivity index (χ2n) is 4.78. The number of hydrogen-bond donors (Lipinski definition) is 1. The quantitative estimate of drug-likeness (QED) is 0.605. The topological polar surface area (TPSA) is 40.5 Å². The van der Waals surface area contributed by atoms with Gasteiger partial charge in [-0.05, 0) is 25.3 Å². The molecule has 1 aromatic rings. The van der Waals surface area contributed by atoms with Crippen LogP contribution in [0, 0.1) is 0 Å². The molecular formula is C16H23NO2. The summed E-state index contributed by atoms with van der Waals surface area (Å²) < 4.78 is 0. The van der Waals surface area contributed by atoms with Crippen molar-refractivity contribution in [2.24, 2.45) is 0 Å². The van der Waals surface area contributed by atoms with Gasteiger partial charge in [-0.25, -0.2) is 0 Å². The molecule has 0 saturated heterocycles. The van der Waals surface area contributed by atoms with E-state index in [0.29, 0.717) is 6.42 Å². The predicted octanol–water partition coefficient (Wildman–Crippen LogP) is 2.92. The molecule has 0 aliphatic heterocycles. The summed E-state index contributed by atoms with van der Waals surface area (Å²) in [5.74, 6) is 0.0596. The lowest BCUT2D eigenvalue weighted by molar-refractivity contribution is -0.134. The second-order valence-corrected chi connectivity index (χ2v) is 4.78. The molecule has 0 aliphatic rings. The van der Waals surface area contributed by atoms with Crippen molar-refractivity contribution < 1.29 is 9.90 Å². The Balaban J connectivity index is 2.58. The highest BCUT2D eigenvalue weighted by Crippen LogP contribution is 2.20. The molecule has 1 N–H and O–H groups in total. The van der Waals surface area contributed by atoms with Crippen molar-refractivity contribution in [1.82, 2.24) is 4.90 Å². The SMILES string of the molecule is C=CCCCC(=O)N(C)[C@@H](C)C(O)c1ccccc1. The van der Waals surface area contributed by atoms with Crippen molar-refractivity contribution in [2.75, 3.05) is 7.05 Å². The third kappa shape index (κ3) is 4.52. The van der Waals surface area contributed by atoms with Crippen LogP contribution < -0.4 is 0 Å². The highest BCUT2D eigenvalue weighted by Gasteiger charge is 2.23. The normalized spacial score (nSPS) is 13.6. The summed E-state index contributed by atoms with van der Waals surface area (Å²) in [4.78, 5) is 13.6. The Labute approximate surface area is 115 Å². The molecule has 0 aliphatic carbocycles. The number of carbonyl (C=O) groups is 1. The first-order valence-corrected chi connectivity index (χ1v) is 6.67. The van der Waals surface area contributed by atoms with E-state index in [9.17, 15) is 9.90 Å². The summed E-state index contributed by atoms with van der Waals surface area (Å²) in [7, 11) is 1.74. The average molecular weight is 261 g/mol. The number of allylic oxidation sites excluding steroid dienone is 1. The third-order valence-electron chi connectivity index (χ3n) is 3.40. The fraction of sp³-hybridized carbons (Fsp3) is 0.438. The summed E-state index contributed by atoms with van der Waals surface area (Å²) in [6.45, 7) is 5.50. The van der Waals surface area contributed by atoms with Gasteiger partial charge in [0.1, 0.15) is 0 Å². The summed E-state index contributed by atoms with van der Waals surface area (Å²) >= 11 is 0. The van der Waals surface area contributed by atoms with E-state index in [4.69, 9.17) is 0 Å². The first-order chi connectivity index (χ1) is 9.07. The molecule has 0 spiro atoms. The van der Waals surface area contributed by atoms with E-state index in [1.807, 2.05) is 43.3 Å². The van der Waals surface area contributed by atoms with Gasteiger partial charge in [0.15, 0.2) is 0 Å². The largest absolute Gasteiger partial charge is 0.386 e. The van der Waals surface area contributed by atoms with E-state index in [1.165, 1.54) is 0 Å². The molecule has 3 heteroatoms. The third-order valence-corrected chi connectivity index (χ3v) is 3.40. The second kappa shape index (κ2) is 7.74.